The zero-order valence-corrected chi connectivity index (χ0v) is 20.4. The predicted octanol–water partition coefficient (Wildman–Crippen LogP) is 3.53. The average molecular weight is 481 g/mol. The predicted molar refractivity (Wildman–Crippen MR) is 133 cm³/mol. The Kier molecular flexibility index (Phi) is 8.63. The van der Waals surface area contributed by atoms with E-state index in [-0.39, 0.29) is 17.8 Å². The summed E-state index contributed by atoms with van der Waals surface area (Å²) in [5.74, 6) is -1.34. The second-order valence-corrected chi connectivity index (χ2v) is 9.08. The minimum absolute atomic E-state index is 0.0879. The number of esters is 1. The maximum Gasteiger partial charge on any atom is 0.310 e. The second-order valence-electron chi connectivity index (χ2n) is 9.08. The Bertz CT molecular complexity index is 1100. The Hall–Kier alpha value is -3.68. The molecule has 2 aromatic rings. The molecule has 35 heavy (non-hydrogen) atoms. The minimum Gasteiger partial charge on any atom is -0.481 e. The van der Waals surface area contributed by atoms with Crippen molar-refractivity contribution in [2.45, 2.75) is 26.7 Å². The number of aryl methyl sites for hydroxylation is 2. The highest BCUT2D eigenvalue weighted by Crippen LogP contribution is 2.29. The monoisotopic (exact) mass is 480 g/mol. The maximum absolute atomic E-state index is 11.5. The van der Waals surface area contributed by atoms with Gasteiger partial charge in [0.1, 0.15) is 0 Å². The number of carbonyl (C=O) groups excluding carboxylic acids is 3. The van der Waals surface area contributed by atoms with Crippen molar-refractivity contribution in [1.82, 2.24) is 0 Å². The van der Waals surface area contributed by atoms with Crippen LogP contribution < -0.4 is 9.80 Å². The summed E-state index contributed by atoms with van der Waals surface area (Å²) in [5, 5.41) is 8.96. The third-order valence-electron chi connectivity index (χ3n) is 6.57. The molecule has 4 rings (SSSR count). The molecule has 0 bridgehead atoms. The number of ether oxygens (including phenoxy) is 1. The molecule has 2 unspecified atom stereocenters. The Labute approximate surface area is 205 Å². The number of carboxylic acid groups (broad SMARTS) is 1. The van der Waals surface area contributed by atoms with Crippen molar-refractivity contribution in [3.8, 4) is 0 Å². The number of carbonyl (C=O) groups is 4. The molecule has 1 N–H and O–H groups in total. The van der Waals surface area contributed by atoms with Crippen molar-refractivity contribution in [2.24, 2.45) is 11.8 Å². The number of methoxy groups -OCH3 is 1. The summed E-state index contributed by atoms with van der Waals surface area (Å²) in [6.45, 7) is 6.54. The van der Waals surface area contributed by atoms with Crippen molar-refractivity contribution in [2.75, 3.05) is 43.1 Å². The Morgan fingerprint density at radius 2 is 1.31 bits per heavy atom. The normalized spacial score (nSPS) is 19.1. The van der Waals surface area contributed by atoms with E-state index in [1.807, 2.05) is 49.1 Å². The van der Waals surface area contributed by atoms with Crippen LogP contribution in [0.15, 0.2) is 36.4 Å². The molecular formula is C27H32N2O6. The molecule has 2 aromatic carbocycles. The lowest BCUT2D eigenvalue weighted by Crippen LogP contribution is -2.24. The Balaban J connectivity index is 0.000000196. The number of benzene rings is 2. The van der Waals surface area contributed by atoms with E-state index in [2.05, 4.69) is 4.90 Å². The third-order valence-corrected chi connectivity index (χ3v) is 6.57. The molecule has 0 amide bonds. The summed E-state index contributed by atoms with van der Waals surface area (Å²) in [6, 6.07) is 11.3. The smallest absolute Gasteiger partial charge is 0.310 e. The molecule has 2 heterocycles. The van der Waals surface area contributed by atoms with Crippen LogP contribution in [-0.4, -0.2) is 62.9 Å². The second kappa shape index (κ2) is 11.6. The van der Waals surface area contributed by atoms with Gasteiger partial charge in [-0.05, 0) is 62.1 Å². The first-order chi connectivity index (χ1) is 16.8. The van der Waals surface area contributed by atoms with Crippen LogP contribution in [0.3, 0.4) is 0 Å². The van der Waals surface area contributed by atoms with Gasteiger partial charge in [-0.15, -0.1) is 0 Å². The van der Waals surface area contributed by atoms with E-state index in [1.165, 1.54) is 7.11 Å². The van der Waals surface area contributed by atoms with E-state index in [1.54, 1.807) is 6.07 Å². The quantitative estimate of drug-likeness (QED) is 0.495. The van der Waals surface area contributed by atoms with Gasteiger partial charge in [0, 0.05) is 48.7 Å². The van der Waals surface area contributed by atoms with E-state index >= 15 is 0 Å². The van der Waals surface area contributed by atoms with Crippen molar-refractivity contribution in [1.29, 1.82) is 0 Å². The van der Waals surface area contributed by atoms with E-state index in [4.69, 9.17) is 9.84 Å². The van der Waals surface area contributed by atoms with Gasteiger partial charge in [-0.2, -0.15) is 0 Å². The standard InChI is InChI=1S/C14H17NO3.C13H15NO3/c1-10-3-4-12(9-16)13(7-10)15-6-5-11(8-15)14(17)18-2;1-9-2-3-11(8-15)12(6-9)14-5-4-10(7-14)13(16)17/h3-4,7,9,11H,5-6,8H2,1-2H3;2-3,6,8,10H,4-5,7H2,1H3,(H,16,17). The number of hydrogen-bond acceptors (Lipinski definition) is 7. The van der Waals surface area contributed by atoms with E-state index < -0.39 is 5.97 Å². The minimum atomic E-state index is -0.757. The first kappa shape index (κ1) is 25.9. The Morgan fingerprint density at radius 3 is 1.71 bits per heavy atom. The SMILES string of the molecule is COC(=O)C1CCN(c2cc(C)ccc2C=O)C1.Cc1ccc(C=O)c(N2CCC(C(=O)O)C2)c1. The largest absolute Gasteiger partial charge is 0.481 e. The van der Waals surface area contributed by atoms with Crippen LogP contribution in [0, 0.1) is 25.7 Å². The van der Waals surface area contributed by atoms with Gasteiger partial charge in [0.15, 0.2) is 12.6 Å². The summed E-state index contributed by atoms with van der Waals surface area (Å²) < 4.78 is 4.76. The zero-order valence-electron chi connectivity index (χ0n) is 20.4. The molecule has 8 nitrogen and oxygen atoms in total. The molecule has 0 aliphatic carbocycles. The van der Waals surface area contributed by atoms with Crippen LogP contribution in [0.1, 0.15) is 44.7 Å². The molecule has 2 saturated heterocycles. The number of hydrogen-bond donors (Lipinski definition) is 1. The van der Waals surface area contributed by atoms with Gasteiger partial charge in [0.05, 0.1) is 18.9 Å². The summed E-state index contributed by atoms with van der Waals surface area (Å²) >= 11 is 0. The van der Waals surface area contributed by atoms with Gasteiger partial charge < -0.3 is 19.6 Å². The van der Waals surface area contributed by atoms with Gasteiger partial charge in [0.25, 0.3) is 0 Å². The number of carboxylic acids is 1. The van der Waals surface area contributed by atoms with Gasteiger partial charge in [-0.3, -0.25) is 19.2 Å². The fourth-order valence-electron chi connectivity index (χ4n) is 4.57. The maximum atomic E-state index is 11.5. The molecule has 2 atom stereocenters. The third kappa shape index (κ3) is 6.26. The van der Waals surface area contributed by atoms with Crippen LogP contribution in [0.5, 0.6) is 0 Å². The molecule has 2 aliphatic rings. The van der Waals surface area contributed by atoms with Crippen molar-refractivity contribution >= 4 is 35.9 Å². The summed E-state index contributed by atoms with van der Waals surface area (Å²) in [7, 11) is 1.41. The van der Waals surface area contributed by atoms with Gasteiger partial charge >= 0.3 is 11.9 Å². The van der Waals surface area contributed by atoms with Crippen LogP contribution >= 0.6 is 0 Å². The number of rotatable bonds is 6. The lowest BCUT2D eigenvalue weighted by molar-refractivity contribution is -0.144. The van der Waals surface area contributed by atoms with E-state index in [0.717, 1.165) is 48.0 Å². The van der Waals surface area contributed by atoms with E-state index in [0.29, 0.717) is 37.2 Å². The van der Waals surface area contributed by atoms with Crippen LogP contribution in [0.4, 0.5) is 11.4 Å². The zero-order chi connectivity index (χ0) is 25.5. The fraction of sp³-hybridized carbons (Fsp3) is 0.407. The number of aldehydes is 2. The lowest BCUT2D eigenvalue weighted by Gasteiger charge is -2.20. The topological polar surface area (TPSA) is 104 Å². The van der Waals surface area contributed by atoms with E-state index in [9.17, 15) is 19.2 Å². The van der Waals surface area contributed by atoms with Crippen LogP contribution in [0.25, 0.3) is 0 Å². The van der Waals surface area contributed by atoms with Gasteiger partial charge in [-0.25, -0.2) is 0 Å². The molecule has 186 valence electrons. The Morgan fingerprint density at radius 1 is 0.857 bits per heavy atom. The molecule has 0 radical (unpaired) electrons. The van der Waals surface area contributed by atoms with Crippen LogP contribution in [-0.2, 0) is 14.3 Å². The summed E-state index contributed by atoms with van der Waals surface area (Å²) in [5.41, 5.74) is 5.24. The molecule has 2 fully saturated rings. The molecule has 0 saturated carbocycles. The number of aliphatic carboxylic acids is 1. The van der Waals surface area contributed by atoms with Crippen LogP contribution in [0.2, 0.25) is 0 Å². The highest BCUT2D eigenvalue weighted by molar-refractivity contribution is 5.86. The molecule has 8 heteroatoms. The molecular weight excluding hydrogens is 448 g/mol. The lowest BCUT2D eigenvalue weighted by atomic mass is 10.1. The molecule has 0 aromatic heterocycles. The van der Waals surface area contributed by atoms with Gasteiger partial charge in [0.2, 0.25) is 0 Å². The van der Waals surface area contributed by atoms with Crippen molar-refractivity contribution < 1.29 is 29.0 Å². The first-order valence-electron chi connectivity index (χ1n) is 11.7. The number of nitrogens with zero attached hydrogens (tertiary/aromatic N) is 2. The number of anilines is 2. The van der Waals surface area contributed by atoms with Crippen molar-refractivity contribution in [3.05, 3.63) is 58.7 Å². The highest BCUT2D eigenvalue weighted by Gasteiger charge is 2.30. The fourth-order valence-corrected chi connectivity index (χ4v) is 4.57. The highest BCUT2D eigenvalue weighted by atomic mass is 16.5. The average Bonchev–Trinajstić information content (AvgIpc) is 3.54. The molecule has 0 spiro atoms. The first-order valence-corrected chi connectivity index (χ1v) is 11.7. The summed E-state index contributed by atoms with van der Waals surface area (Å²) in [6.07, 6.45) is 3.10. The van der Waals surface area contributed by atoms with Crippen molar-refractivity contribution in [3.63, 3.8) is 0 Å². The van der Waals surface area contributed by atoms with Gasteiger partial charge in [-0.1, -0.05) is 12.1 Å². The summed E-state index contributed by atoms with van der Waals surface area (Å²) in [4.78, 5) is 48.5. The molecule has 2 aliphatic heterocycles.